The topological polar surface area (TPSA) is 40.5 Å². The van der Waals surface area contributed by atoms with Crippen molar-refractivity contribution in [2.24, 2.45) is 5.92 Å². The standard InChI is InChI=1S/C17H25NO2/c1-4-16(15-10-12(2)7-8-13(15)3)18-9-5-6-14(11-18)17(19)20/h7-8,10,14,16H,4-6,9,11H2,1-3H3,(H,19,20). The van der Waals surface area contributed by atoms with Crippen molar-refractivity contribution in [2.75, 3.05) is 13.1 Å². The third-order valence-corrected chi connectivity index (χ3v) is 4.42. The monoisotopic (exact) mass is 275 g/mol. The second-order valence-electron chi connectivity index (χ2n) is 5.96. The summed E-state index contributed by atoms with van der Waals surface area (Å²) in [5.41, 5.74) is 3.94. The van der Waals surface area contributed by atoms with Crippen LogP contribution in [-0.2, 0) is 4.79 Å². The number of likely N-dealkylation sites (tertiary alicyclic amines) is 1. The van der Waals surface area contributed by atoms with Crippen LogP contribution in [0.5, 0.6) is 0 Å². The molecule has 0 aromatic heterocycles. The molecule has 110 valence electrons. The number of aryl methyl sites for hydroxylation is 2. The Hall–Kier alpha value is -1.35. The zero-order valence-electron chi connectivity index (χ0n) is 12.7. The van der Waals surface area contributed by atoms with E-state index in [1.54, 1.807) is 0 Å². The number of hydrogen-bond donors (Lipinski definition) is 1. The molecular weight excluding hydrogens is 250 g/mol. The molecule has 3 heteroatoms. The summed E-state index contributed by atoms with van der Waals surface area (Å²) in [6, 6.07) is 6.92. The fourth-order valence-electron chi connectivity index (χ4n) is 3.28. The van der Waals surface area contributed by atoms with Crippen molar-refractivity contribution >= 4 is 5.97 Å². The summed E-state index contributed by atoms with van der Waals surface area (Å²) in [6.07, 6.45) is 2.82. The first kappa shape index (κ1) is 15.0. The molecule has 1 N–H and O–H groups in total. The summed E-state index contributed by atoms with van der Waals surface area (Å²) in [6.45, 7) is 8.15. The summed E-state index contributed by atoms with van der Waals surface area (Å²) < 4.78 is 0. The van der Waals surface area contributed by atoms with E-state index in [0.717, 1.165) is 25.8 Å². The predicted octanol–water partition coefficient (Wildman–Crippen LogP) is 3.55. The van der Waals surface area contributed by atoms with Gasteiger partial charge in [0.1, 0.15) is 0 Å². The Bertz CT molecular complexity index is 484. The van der Waals surface area contributed by atoms with Gasteiger partial charge < -0.3 is 5.11 Å². The molecule has 1 aromatic rings. The Morgan fingerprint density at radius 3 is 2.85 bits per heavy atom. The lowest BCUT2D eigenvalue weighted by molar-refractivity contribution is -0.144. The lowest BCUT2D eigenvalue weighted by Gasteiger charge is -2.37. The second kappa shape index (κ2) is 6.40. The van der Waals surface area contributed by atoms with Crippen LogP contribution in [0.3, 0.4) is 0 Å². The van der Waals surface area contributed by atoms with E-state index in [-0.39, 0.29) is 5.92 Å². The van der Waals surface area contributed by atoms with Crippen LogP contribution < -0.4 is 0 Å². The van der Waals surface area contributed by atoms with E-state index in [1.807, 2.05) is 0 Å². The number of carbonyl (C=O) groups is 1. The Kier molecular flexibility index (Phi) is 4.81. The van der Waals surface area contributed by atoms with Crippen LogP contribution in [0.1, 0.15) is 48.9 Å². The summed E-state index contributed by atoms with van der Waals surface area (Å²) >= 11 is 0. The third-order valence-electron chi connectivity index (χ3n) is 4.42. The molecule has 20 heavy (non-hydrogen) atoms. The third kappa shape index (κ3) is 3.21. The molecule has 0 aliphatic carbocycles. The first-order valence-corrected chi connectivity index (χ1v) is 7.57. The number of nitrogens with zero attached hydrogens (tertiary/aromatic N) is 1. The van der Waals surface area contributed by atoms with Crippen molar-refractivity contribution in [1.29, 1.82) is 0 Å². The highest BCUT2D eigenvalue weighted by atomic mass is 16.4. The van der Waals surface area contributed by atoms with Gasteiger partial charge in [0.25, 0.3) is 0 Å². The van der Waals surface area contributed by atoms with E-state index < -0.39 is 5.97 Å². The zero-order chi connectivity index (χ0) is 14.7. The van der Waals surface area contributed by atoms with E-state index in [2.05, 4.69) is 43.9 Å². The van der Waals surface area contributed by atoms with Crippen LogP contribution in [-0.4, -0.2) is 29.1 Å². The largest absolute Gasteiger partial charge is 0.481 e. The predicted molar refractivity (Wildman–Crippen MR) is 80.9 cm³/mol. The lowest BCUT2D eigenvalue weighted by Crippen LogP contribution is -2.41. The van der Waals surface area contributed by atoms with Gasteiger partial charge in [-0.1, -0.05) is 30.7 Å². The minimum atomic E-state index is -0.648. The van der Waals surface area contributed by atoms with Crippen molar-refractivity contribution in [3.05, 3.63) is 34.9 Å². The average Bonchev–Trinajstić information content (AvgIpc) is 2.44. The minimum Gasteiger partial charge on any atom is -0.481 e. The SMILES string of the molecule is CCC(c1cc(C)ccc1C)N1CCCC(C(=O)O)C1. The van der Waals surface area contributed by atoms with Gasteiger partial charge in [0, 0.05) is 12.6 Å². The number of rotatable bonds is 4. The van der Waals surface area contributed by atoms with Crippen LogP contribution >= 0.6 is 0 Å². The molecule has 3 nitrogen and oxygen atoms in total. The molecule has 0 radical (unpaired) electrons. The van der Waals surface area contributed by atoms with Crippen LogP contribution in [0.25, 0.3) is 0 Å². The minimum absolute atomic E-state index is 0.206. The Balaban J connectivity index is 2.23. The molecule has 1 aromatic carbocycles. The molecule has 2 atom stereocenters. The molecule has 2 unspecified atom stereocenters. The normalized spacial score (nSPS) is 21.6. The Morgan fingerprint density at radius 1 is 1.45 bits per heavy atom. The van der Waals surface area contributed by atoms with Crippen LogP contribution in [0.15, 0.2) is 18.2 Å². The van der Waals surface area contributed by atoms with E-state index in [1.165, 1.54) is 16.7 Å². The summed E-state index contributed by atoms with van der Waals surface area (Å²) in [7, 11) is 0. The summed E-state index contributed by atoms with van der Waals surface area (Å²) in [5.74, 6) is -0.853. The van der Waals surface area contributed by atoms with E-state index in [0.29, 0.717) is 12.6 Å². The summed E-state index contributed by atoms with van der Waals surface area (Å²) in [5, 5.41) is 9.25. The van der Waals surface area contributed by atoms with Gasteiger partial charge in [0.2, 0.25) is 0 Å². The van der Waals surface area contributed by atoms with E-state index >= 15 is 0 Å². The average molecular weight is 275 g/mol. The number of carboxylic acids is 1. The Labute approximate surface area is 121 Å². The highest BCUT2D eigenvalue weighted by Gasteiger charge is 2.30. The highest BCUT2D eigenvalue weighted by molar-refractivity contribution is 5.70. The molecule has 2 rings (SSSR count). The maximum Gasteiger partial charge on any atom is 0.307 e. The maximum absolute atomic E-state index is 11.2. The van der Waals surface area contributed by atoms with Gasteiger partial charge >= 0.3 is 5.97 Å². The molecule has 0 spiro atoms. The molecular formula is C17H25NO2. The molecule has 1 aliphatic heterocycles. The second-order valence-corrected chi connectivity index (χ2v) is 5.96. The molecule has 1 saturated heterocycles. The number of benzene rings is 1. The van der Waals surface area contributed by atoms with Gasteiger partial charge in [-0.2, -0.15) is 0 Å². The van der Waals surface area contributed by atoms with Crippen molar-refractivity contribution in [2.45, 2.75) is 46.1 Å². The lowest BCUT2D eigenvalue weighted by atomic mass is 9.91. The summed E-state index contributed by atoms with van der Waals surface area (Å²) in [4.78, 5) is 13.6. The first-order valence-electron chi connectivity index (χ1n) is 7.57. The smallest absolute Gasteiger partial charge is 0.307 e. The van der Waals surface area contributed by atoms with Crippen molar-refractivity contribution < 1.29 is 9.90 Å². The fraction of sp³-hybridized carbons (Fsp3) is 0.588. The van der Waals surface area contributed by atoms with Gasteiger partial charge in [0.15, 0.2) is 0 Å². The van der Waals surface area contributed by atoms with Crippen LogP contribution in [0.4, 0.5) is 0 Å². The maximum atomic E-state index is 11.2. The number of aliphatic carboxylic acids is 1. The first-order chi connectivity index (χ1) is 9.52. The van der Waals surface area contributed by atoms with Crippen molar-refractivity contribution in [3.63, 3.8) is 0 Å². The van der Waals surface area contributed by atoms with Crippen LogP contribution in [0.2, 0.25) is 0 Å². The van der Waals surface area contributed by atoms with Gasteiger partial charge in [-0.3, -0.25) is 9.69 Å². The molecule has 0 saturated carbocycles. The molecule has 1 heterocycles. The molecule has 0 amide bonds. The zero-order valence-corrected chi connectivity index (χ0v) is 12.7. The van der Waals surface area contributed by atoms with E-state index in [9.17, 15) is 9.90 Å². The van der Waals surface area contributed by atoms with Gasteiger partial charge in [-0.25, -0.2) is 0 Å². The molecule has 1 fully saturated rings. The fourth-order valence-corrected chi connectivity index (χ4v) is 3.28. The van der Waals surface area contributed by atoms with Gasteiger partial charge in [-0.15, -0.1) is 0 Å². The Morgan fingerprint density at radius 2 is 2.20 bits per heavy atom. The number of carboxylic acid groups (broad SMARTS) is 1. The van der Waals surface area contributed by atoms with Crippen LogP contribution in [0, 0.1) is 19.8 Å². The van der Waals surface area contributed by atoms with Crippen molar-refractivity contribution in [1.82, 2.24) is 4.90 Å². The highest BCUT2D eigenvalue weighted by Crippen LogP contribution is 2.31. The molecule has 0 bridgehead atoms. The van der Waals surface area contributed by atoms with Gasteiger partial charge in [0.05, 0.1) is 5.92 Å². The van der Waals surface area contributed by atoms with E-state index in [4.69, 9.17) is 0 Å². The van der Waals surface area contributed by atoms with Gasteiger partial charge in [-0.05, 0) is 50.8 Å². The quantitative estimate of drug-likeness (QED) is 0.913. The number of hydrogen-bond acceptors (Lipinski definition) is 2. The van der Waals surface area contributed by atoms with Crippen molar-refractivity contribution in [3.8, 4) is 0 Å². The number of piperidine rings is 1. The molecule has 1 aliphatic rings.